The lowest BCUT2D eigenvalue weighted by Gasteiger charge is -2.23. The second-order valence-corrected chi connectivity index (χ2v) is 7.28. The lowest BCUT2D eigenvalue weighted by molar-refractivity contribution is 0.0948. The first-order valence-electron chi connectivity index (χ1n) is 9.79. The number of aromatic nitrogens is 2. The number of hydrogen-bond donors (Lipinski definition) is 2. The highest BCUT2D eigenvalue weighted by Gasteiger charge is 2.16. The molecule has 0 atom stereocenters. The highest BCUT2D eigenvalue weighted by atomic mass is 16.1. The van der Waals surface area contributed by atoms with Gasteiger partial charge in [-0.25, -0.2) is 9.97 Å². The standard InChI is InChI=1S/C20H30N4O/c1-15-22-18(14-19(23-15)24-17-10-6-3-7-11-17)20(25)21-13-12-16-8-4-2-5-9-16/h8,14,17H,2-7,9-13H2,1H3,(H,21,25)(H,22,23,24). The Kier molecular flexibility index (Phi) is 6.42. The number of allylic oxidation sites excluding steroid dienone is 1. The Balaban J connectivity index is 1.54. The van der Waals surface area contributed by atoms with Crippen molar-refractivity contribution < 1.29 is 4.79 Å². The molecule has 136 valence electrons. The van der Waals surface area contributed by atoms with Crippen LogP contribution in [0.5, 0.6) is 0 Å². The van der Waals surface area contributed by atoms with Gasteiger partial charge >= 0.3 is 0 Å². The molecule has 0 unspecified atom stereocenters. The monoisotopic (exact) mass is 342 g/mol. The maximum atomic E-state index is 12.4. The Morgan fingerprint density at radius 2 is 2.00 bits per heavy atom. The van der Waals surface area contributed by atoms with Crippen LogP contribution >= 0.6 is 0 Å². The smallest absolute Gasteiger partial charge is 0.270 e. The van der Waals surface area contributed by atoms with E-state index in [1.807, 2.05) is 6.92 Å². The summed E-state index contributed by atoms with van der Waals surface area (Å²) in [7, 11) is 0. The average molecular weight is 342 g/mol. The number of amides is 1. The fourth-order valence-corrected chi connectivity index (χ4v) is 3.77. The number of anilines is 1. The van der Waals surface area contributed by atoms with Crippen molar-refractivity contribution in [2.45, 2.75) is 77.2 Å². The molecular weight excluding hydrogens is 312 g/mol. The van der Waals surface area contributed by atoms with Gasteiger partial charge < -0.3 is 10.6 Å². The molecule has 0 saturated heterocycles. The van der Waals surface area contributed by atoms with Crippen molar-refractivity contribution in [2.75, 3.05) is 11.9 Å². The number of carbonyl (C=O) groups is 1. The number of nitrogens with zero attached hydrogens (tertiary/aromatic N) is 2. The van der Waals surface area contributed by atoms with Crippen LogP contribution in [0, 0.1) is 6.92 Å². The fraction of sp³-hybridized carbons (Fsp3) is 0.650. The van der Waals surface area contributed by atoms with E-state index in [1.165, 1.54) is 63.4 Å². The topological polar surface area (TPSA) is 66.9 Å². The minimum Gasteiger partial charge on any atom is -0.367 e. The van der Waals surface area contributed by atoms with Crippen molar-refractivity contribution in [3.63, 3.8) is 0 Å². The molecule has 5 heteroatoms. The highest BCUT2D eigenvalue weighted by Crippen LogP contribution is 2.21. The molecule has 3 rings (SSSR count). The summed E-state index contributed by atoms with van der Waals surface area (Å²) in [5.41, 5.74) is 1.94. The van der Waals surface area contributed by atoms with Gasteiger partial charge in [0.2, 0.25) is 0 Å². The Morgan fingerprint density at radius 3 is 2.76 bits per heavy atom. The van der Waals surface area contributed by atoms with E-state index in [9.17, 15) is 4.79 Å². The largest absolute Gasteiger partial charge is 0.367 e. The lowest BCUT2D eigenvalue weighted by atomic mass is 9.95. The lowest BCUT2D eigenvalue weighted by Crippen LogP contribution is -2.27. The van der Waals surface area contributed by atoms with Crippen LogP contribution in [-0.2, 0) is 0 Å². The minimum atomic E-state index is -0.103. The Hall–Kier alpha value is -1.91. The molecule has 1 saturated carbocycles. The van der Waals surface area contributed by atoms with Gasteiger partial charge in [-0.1, -0.05) is 30.9 Å². The molecule has 1 fully saturated rings. The normalized spacial score (nSPS) is 18.5. The van der Waals surface area contributed by atoms with Gasteiger partial charge in [0, 0.05) is 18.7 Å². The van der Waals surface area contributed by atoms with Crippen molar-refractivity contribution in [1.82, 2.24) is 15.3 Å². The maximum absolute atomic E-state index is 12.4. The first-order chi connectivity index (χ1) is 12.2. The van der Waals surface area contributed by atoms with Crippen LogP contribution in [0.4, 0.5) is 5.82 Å². The van der Waals surface area contributed by atoms with Crippen molar-refractivity contribution >= 4 is 11.7 Å². The van der Waals surface area contributed by atoms with Crippen LogP contribution < -0.4 is 10.6 Å². The molecule has 2 N–H and O–H groups in total. The van der Waals surface area contributed by atoms with E-state index in [0.717, 1.165) is 12.2 Å². The molecule has 1 aromatic heterocycles. The Bertz CT molecular complexity index is 620. The zero-order valence-corrected chi connectivity index (χ0v) is 15.3. The molecule has 5 nitrogen and oxygen atoms in total. The third-order valence-electron chi connectivity index (χ3n) is 5.14. The van der Waals surface area contributed by atoms with E-state index in [1.54, 1.807) is 6.07 Å². The molecule has 0 bridgehead atoms. The molecule has 2 aliphatic carbocycles. The molecule has 0 aliphatic heterocycles. The highest BCUT2D eigenvalue weighted by molar-refractivity contribution is 5.92. The van der Waals surface area contributed by atoms with Crippen LogP contribution in [-0.4, -0.2) is 28.5 Å². The molecule has 0 aromatic carbocycles. The minimum absolute atomic E-state index is 0.103. The van der Waals surface area contributed by atoms with Gasteiger partial charge in [0.1, 0.15) is 17.3 Å². The second-order valence-electron chi connectivity index (χ2n) is 7.28. The van der Waals surface area contributed by atoms with E-state index in [2.05, 4.69) is 26.7 Å². The number of carbonyl (C=O) groups excluding carboxylic acids is 1. The van der Waals surface area contributed by atoms with Crippen LogP contribution in [0.15, 0.2) is 17.7 Å². The van der Waals surface area contributed by atoms with Gasteiger partial charge in [0.15, 0.2) is 0 Å². The number of rotatable bonds is 6. The van der Waals surface area contributed by atoms with Gasteiger partial charge in [-0.15, -0.1) is 0 Å². The maximum Gasteiger partial charge on any atom is 0.270 e. The molecule has 25 heavy (non-hydrogen) atoms. The van der Waals surface area contributed by atoms with Crippen molar-refractivity contribution in [1.29, 1.82) is 0 Å². The molecule has 0 radical (unpaired) electrons. The van der Waals surface area contributed by atoms with Crippen LogP contribution in [0.3, 0.4) is 0 Å². The predicted molar refractivity (Wildman–Crippen MR) is 101 cm³/mol. The summed E-state index contributed by atoms with van der Waals surface area (Å²) in [5, 5.41) is 6.49. The third-order valence-corrected chi connectivity index (χ3v) is 5.14. The molecule has 1 heterocycles. The van der Waals surface area contributed by atoms with Crippen molar-refractivity contribution in [2.24, 2.45) is 0 Å². The van der Waals surface area contributed by atoms with Crippen LogP contribution in [0.25, 0.3) is 0 Å². The zero-order valence-electron chi connectivity index (χ0n) is 15.3. The van der Waals surface area contributed by atoms with Crippen molar-refractivity contribution in [3.05, 3.63) is 29.2 Å². The Morgan fingerprint density at radius 1 is 1.16 bits per heavy atom. The second kappa shape index (κ2) is 8.97. The molecule has 2 aliphatic rings. The first-order valence-corrected chi connectivity index (χ1v) is 9.79. The number of aryl methyl sites for hydroxylation is 1. The summed E-state index contributed by atoms with van der Waals surface area (Å²) < 4.78 is 0. The summed E-state index contributed by atoms with van der Waals surface area (Å²) in [5.74, 6) is 1.31. The van der Waals surface area contributed by atoms with Crippen LogP contribution in [0.2, 0.25) is 0 Å². The zero-order chi connectivity index (χ0) is 17.5. The summed E-state index contributed by atoms with van der Waals surface area (Å²) in [6.07, 6.45) is 14.4. The van der Waals surface area contributed by atoms with Crippen molar-refractivity contribution in [3.8, 4) is 0 Å². The number of hydrogen-bond acceptors (Lipinski definition) is 4. The third kappa shape index (κ3) is 5.55. The Labute approximate surface area is 150 Å². The van der Waals surface area contributed by atoms with Gasteiger partial charge in [-0.3, -0.25) is 4.79 Å². The van der Waals surface area contributed by atoms with E-state index in [0.29, 0.717) is 24.1 Å². The van der Waals surface area contributed by atoms with Gasteiger partial charge in [-0.2, -0.15) is 0 Å². The van der Waals surface area contributed by atoms with Gasteiger partial charge in [-0.05, 0) is 51.9 Å². The summed E-state index contributed by atoms with van der Waals surface area (Å²) in [4.78, 5) is 21.2. The summed E-state index contributed by atoms with van der Waals surface area (Å²) in [6, 6.07) is 2.26. The molecule has 1 aromatic rings. The predicted octanol–water partition coefficient (Wildman–Crippen LogP) is 4.15. The molecule has 1 amide bonds. The average Bonchev–Trinajstić information content (AvgIpc) is 2.63. The molecule has 0 spiro atoms. The quantitative estimate of drug-likeness (QED) is 0.762. The van der Waals surface area contributed by atoms with Gasteiger partial charge in [0.05, 0.1) is 0 Å². The van der Waals surface area contributed by atoms with E-state index in [-0.39, 0.29) is 5.91 Å². The molecular formula is C20H30N4O. The van der Waals surface area contributed by atoms with Gasteiger partial charge in [0.25, 0.3) is 5.91 Å². The van der Waals surface area contributed by atoms with E-state index >= 15 is 0 Å². The van der Waals surface area contributed by atoms with Crippen LogP contribution in [0.1, 0.15) is 80.5 Å². The summed E-state index contributed by atoms with van der Waals surface area (Å²) in [6.45, 7) is 2.52. The van der Waals surface area contributed by atoms with E-state index < -0.39 is 0 Å². The van der Waals surface area contributed by atoms with E-state index in [4.69, 9.17) is 0 Å². The SMILES string of the molecule is Cc1nc(NC2CCCCC2)cc(C(=O)NCCC2=CCCCC2)n1. The summed E-state index contributed by atoms with van der Waals surface area (Å²) >= 11 is 0. The first kappa shape index (κ1) is 17.9. The fourth-order valence-electron chi connectivity index (χ4n) is 3.77. The number of nitrogens with one attached hydrogen (secondary N) is 2.